The molecule has 0 radical (unpaired) electrons. The molecule has 4 aromatic heterocycles. The molecule has 12 rings (SSSR count). The van der Waals surface area contributed by atoms with Gasteiger partial charge in [-0.2, -0.15) is 0 Å². The van der Waals surface area contributed by atoms with Crippen LogP contribution in [0.25, 0.3) is 121 Å². The Bertz CT molecular complexity index is 3600. The topological polar surface area (TPSA) is 64.7 Å². The van der Waals surface area contributed by atoms with Gasteiger partial charge in [0.1, 0.15) is 11.2 Å². The second kappa shape index (κ2) is 14.9. The number of furan rings is 1. The molecule has 0 saturated carbocycles. The largest absolute Gasteiger partial charge is 0.455 e. The van der Waals surface area contributed by atoms with Crippen molar-refractivity contribution in [2.75, 3.05) is 0 Å². The van der Waals surface area contributed by atoms with E-state index in [2.05, 4.69) is 149 Å². The van der Waals surface area contributed by atoms with E-state index in [0.29, 0.717) is 11.6 Å². The van der Waals surface area contributed by atoms with Gasteiger partial charge in [-0.05, 0) is 52.6 Å². The van der Waals surface area contributed by atoms with Gasteiger partial charge in [0.15, 0.2) is 11.6 Å². The first-order valence-electron chi connectivity index (χ1n) is 20.6. The number of para-hydroxylation sites is 1. The smallest absolute Gasteiger partial charge is 0.160 e. The van der Waals surface area contributed by atoms with Gasteiger partial charge in [0.05, 0.1) is 11.4 Å². The molecule has 0 spiro atoms. The van der Waals surface area contributed by atoms with Crippen LogP contribution in [0, 0.1) is 0 Å². The van der Waals surface area contributed by atoms with E-state index < -0.39 is 0 Å². The Morgan fingerprint density at radius 1 is 0.355 bits per heavy atom. The molecule has 0 amide bonds. The van der Waals surface area contributed by atoms with Crippen molar-refractivity contribution in [3.63, 3.8) is 0 Å². The third kappa shape index (κ3) is 6.24. The van der Waals surface area contributed by atoms with Crippen molar-refractivity contribution >= 4 is 53.4 Å². The first-order chi connectivity index (χ1) is 30.7. The molecule has 0 saturated heterocycles. The number of rotatable bonds is 7. The molecule has 8 aromatic carbocycles. The third-order valence-electron chi connectivity index (χ3n) is 11.7. The molecule has 6 heteroatoms. The van der Waals surface area contributed by atoms with Crippen LogP contribution in [0.15, 0.2) is 211 Å². The lowest BCUT2D eigenvalue weighted by Crippen LogP contribution is -1.96. The van der Waals surface area contributed by atoms with Crippen LogP contribution in [0.4, 0.5) is 0 Å². The molecule has 5 nitrogen and oxygen atoms in total. The summed E-state index contributed by atoms with van der Waals surface area (Å²) >= 11 is 1.84. The highest BCUT2D eigenvalue weighted by Gasteiger charge is 2.20. The summed E-state index contributed by atoms with van der Waals surface area (Å²) in [4.78, 5) is 19.5. The maximum Gasteiger partial charge on any atom is 0.160 e. The molecule has 0 atom stereocenters. The van der Waals surface area contributed by atoms with Crippen LogP contribution < -0.4 is 0 Å². The fraction of sp³-hybridized carbons (Fsp3) is 0. The highest BCUT2D eigenvalue weighted by Crippen LogP contribution is 2.46. The van der Waals surface area contributed by atoms with Gasteiger partial charge in [-0.25, -0.2) is 19.9 Å². The molecule has 12 aromatic rings. The first-order valence-corrected chi connectivity index (χ1v) is 21.4. The van der Waals surface area contributed by atoms with E-state index in [4.69, 9.17) is 14.4 Å². The fourth-order valence-corrected chi connectivity index (χ4v) is 9.74. The number of fused-ring (bicyclic) bond motifs is 6. The predicted octanol–water partition coefficient (Wildman–Crippen LogP) is 15.2. The van der Waals surface area contributed by atoms with Crippen molar-refractivity contribution in [3.05, 3.63) is 207 Å². The highest BCUT2D eigenvalue weighted by atomic mass is 32.1. The molecule has 62 heavy (non-hydrogen) atoms. The maximum atomic E-state index is 6.76. The van der Waals surface area contributed by atoms with Crippen molar-refractivity contribution in [3.8, 4) is 78.7 Å². The van der Waals surface area contributed by atoms with Gasteiger partial charge in [0.25, 0.3) is 0 Å². The molecule has 0 fully saturated rings. The fourth-order valence-electron chi connectivity index (χ4n) is 8.61. The molecule has 0 aliphatic rings. The van der Waals surface area contributed by atoms with E-state index in [1.165, 1.54) is 31.3 Å². The maximum absolute atomic E-state index is 6.76. The highest BCUT2D eigenvalue weighted by molar-refractivity contribution is 7.25. The number of thiophene rings is 1. The zero-order chi connectivity index (χ0) is 41.0. The summed E-state index contributed by atoms with van der Waals surface area (Å²) < 4.78 is 9.34. The van der Waals surface area contributed by atoms with Crippen molar-refractivity contribution in [2.45, 2.75) is 0 Å². The van der Waals surface area contributed by atoms with Gasteiger partial charge in [-0.15, -0.1) is 11.3 Å². The van der Waals surface area contributed by atoms with Gasteiger partial charge in [0, 0.05) is 76.7 Å². The van der Waals surface area contributed by atoms with Gasteiger partial charge in [-0.3, -0.25) is 0 Å². The van der Waals surface area contributed by atoms with E-state index in [1.807, 2.05) is 78.3 Å². The third-order valence-corrected chi connectivity index (χ3v) is 12.8. The van der Waals surface area contributed by atoms with Crippen LogP contribution in [0.3, 0.4) is 0 Å². The van der Waals surface area contributed by atoms with Crippen molar-refractivity contribution < 1.29 is 4.42 Å². The summed E-state index contributed by atoms with van der Waals surface area (Å²) in [5.41, 5.74) is 13.9. The molecule has 0 aliphatic carbocycles. The molecule has 290 valence electrons. The minimum atomic E-state index is 0.653. The summed E-state index contributed by atoms with van der Waals surface area (Å²) in [5, 5.41) is 4.80. The standard InChI is InChI=1S/C56H34N4OS/c1-3-12-37(13-4-1)47-32-48(60-56(59-47)40-28-22-35(23-29-40)41-33-57-55(58-34-41)39-14-5-2-6-15-39)38-26-24-36(25-27-38)42-30-31-44(53-45-16-7-9-19-49(45)61-54(42)53)43-18-11-21-51-52(43)46-17-8-10-20-50(46)62-51/h1-34H. The molecule has 0 unspecified atom stereocenters. The SMILES string of the molecule is c1ccc(-c2cc(-c3ccc(-c4ccc(-c5cccc6sc7ccccc7c56)c5c4oc4ccccc45)cc3)nc(-c3ccc(-c4cnc(-c5ccccc5)nc4)cc3)n2)cc1. The Balaban J connectivity index is 0.922. The Labute approximate surface area is 361 Å². The Morgan fingerprint density at radius 2 is 0.903 bits per heavy atom. The minimum absolute atomic E-state index is 0.653. The summed E-state index contributed by atoms with van der Waals surface area (Å²) in [7, 11) is 0. The van der Waals surface area contributed by atoms with Crippen LogP contribution in [-0.4, -0.2) is 19.9 Å². The Morgan fingerprint density at radius 3 is 1.66 bits per heavy atom. The van der Waals surface area contributed by atoms with Gasteiger partial charge >= 0.3 is 0 Å². The van der Waals surface area contributed by atoms with Crippen LogP contribution in [-0.2, 0) is 0 Å². The lowest BCUT2D eigenvalue weighted by molar-refractivity contribution is 0.670. The lowest BCUT2D eigenvalue weighted by Gasteiger charge is -2.12. The molecule has 4 heterocycles. The number of nitrogens with zero attached hydrogens (tertiary/aromatic N) is 4. The van der Waals surface area contributed by atoms with Gasteiger partial charge < -0.3 is 4.42 Å². The van der Waals surface area contributed by atoms with Gasteiger partial charge in [-0.1, -0.05) is 164 Å². The van der Waals surface area contributed by atoms with Crippen LogP contribution in [0.2, 0.25) is 0 Å². The monoisotopic (exact) mass is 810 g/mol. The van der Waals surface area contributed by atoms with Crippen LogP contribution in [0.1, 0.15) is 0 Å². The minimum Gasteiger partial charge on any atom is -0.455 e. The van der Waals surface area contributed by atoms with Crippen LogP contribution in [0.5, 0.6) is 0 Å². The summed E-state index contributed by atoms with van der Waals surface area (Å²) in [5.74, 6) is 1.36. The van der Waals surface area contributed by atoms with Crippen molar-refractivity contribution in [1.82, 2.24) is 19.9 Å². The molecular formula is C56H34N4OS. The lowest BCUT2D eigenvalue weighted by atomic mass is 9.92. The number of benzene rings is 8. The quantitative estimate of drug-likeness (QED) is 0.160. The average Bonchev–Trinajstić information content (AvgIpc) is 3.94. The summed E-state index contributed by atoms with van der Waals surface area (Å²) in [6.07, 6.45) is 3.75. The van der Waals surface area contributed by atoms with Crippen molar-refractivity contribution in [1.29, 1.82) is 0 Å². The Kier molecular flexibility index (Phi) is 8.61. The van der Waals surface area contributed by atoms with Crippen LogP contribution >= 0.6 is 11.3 Å². The normalized spacial score (nSPS) is 11.5. The van der Waals surface area contributed by atoms with Crippen molar-refractivity contribution in [2.24, 2.45) is 0 Å². The average molecular weight is 811 g/mol. The predicted molar refractivity (Wildman–Crippen MR) is 256 cm³/mol. The summed E-state index contributed by atoms with van der Waals surface area (Å²) in [6, 6.07) is 67.5. The first kappa shape index (κ1) is 35.8. The molecule has 0 bridgehead atoms. The molecule has 0 N–H and O–H groups in total. The molecular weight excluding hydrogens is 777 g/mol. The second-order valence-electron chi connectivity index (χ2n) is 15.4. The van der Waals surface area contributed by atoms with E-state index in [1.54, 1.807) is 0 Å². The number of aromatic nitrogens is 4. The zero-order valence-electron chi connectivity index (χ0n) is 33.2. The number of hydrogen-bond acceptors (Lipinski definition) is 6. The Hall–Kier alpha value is -8.06. The van der Waals surface area contributed by atoms with E-state index in [0.717, 1.165) is 77.8 Å². The number of hydrogen-bond donors (Lipinski definition) is 0. The summed E-state index contributed by atoms with van der Waals surface area (Å²) in [6.45, 7) is 0. The molecule has 0 aliphatic heterocycles. The van der Waals surface area contributed by atoms with Gasteiger partial charge in [0.2, 0.25) is 0 Å². The second-order valence-corrected chi connectivity index (χ2v) is 16.5. The van der Waals surface area contributed by atoms with E-state index in [9.17, 15) is 0 Å². The zero-order valence-corrected chi connectivity index (χ0v) is 34.1. The van der Waals surface area contributed by atoms with E-state index >= 15 is 0 Å². The van der Waals surface area contributed by atoms with E-state index in [-0.39, 0.29) is 0 Å².